The van der Waals surface area contributed by atoms with Crippen molar-refractivity contribution in [1.82, 2.24) is 0 Å². The molecule has 2 rings (SSSR count). The maximum atomic E-state index is 5.95. The smallest absolute Gasteiger partial charge is 0.140 e. The highest BCUT2D eigenvalue weighted by atomic mass is 35.5. The quantitative estimate of drug-likeness (QED) is 0.744. The predicted molar refractivity (Wildman–Crippen MR) is 62.7 cm³/mol. The molecule has 0 radical (unpaired) electrons. The average Bonchev–Trinajstić information content (AvgIpc) is 2.45. The highest BCUT2D eigenvalue weighted by molar-refractivity contribution is 7.19. The summed E-state index contributed by atoms with van der Waals surface area (Å²) in [5.74, 6) is 0.981. The Balaban J connectivity index is 2.66. The first-order valence-corrected chi connectivity index (χ1v) is 5.73. The van der Waals surface area contributed by atoms with Crippen LogP contribution in [-0.2, 0) is 0 Å². The van der Waals surface area contributed by atoms with Crippen molar-refractivity contribution in [3.8, 4) is 5.75 Å². The highest BCUT2D eigenvalue weighted by Crippen LogP contribution is 2.38. The number of ether oxygens (including phenoxy) is 1. The second-order valence-electron chi connectivity index (χ2n) is 3.06. The van der Waals surface area contributed by atoms with E-state index in [2.05, 4.69) is 6.92 Å². The predicted octanol–water partition coefficient (Wildman–Crippen LogP) is 4.26. The van der Waals surface area contributed by atoms with Crippen molar-refractivity contribution in [1.29, 1.82) is 0 Å². The molecule has 0 atom stereocenters. The Morgan fingerprint density at radius 1 is 1.43 bits per heavy atom. The summed E-state index contributed by atoms with van der Waals surface area (Å²) in [5, 5.41) is 1.89. The van der Waals surface area contributed by atoms with E-state index in [-0.39, 0.29) is 0 Å². The lowest BCUT2D eigenvalue weighted by Gasteiger charge is -2.02. The van der Waals surface area contributed by atoms with Crippen LogP contribution in [0.2, 0.25) is 5.02 Å². The minimum atomic E-state index is 0.694. The first kappa shape index (κ1) is 9.81. The number of fused-ring (bicyclic) bond motifs is 1. The molecule has 0 aliphatic carbocycles. The van der Waals surface area contributed by atoms with E-state index >= 15 is 0 Å². The van der Waals surface area contributed by atoms with Crippen LogP contribution in [0.5, 0.6) is 5.75 Å². The first-order valence-electron chi connectivity index (χ1n) is 4.54. The molecule has 74 valence electrons. The number of halogens is 1. The standard InChI is InChI=1S/C11H11ClOS/c1-3-13-11-7(2)14-10-5-4-8(12)6-9(10)11/h4-6H,3H2,1-2H3. The fraction of sp³-hybridized carbons (Fsp3) is 0.273. The topological polar surface area (TPSA) is 9.23 Å². The normalized spacial score (nSPS) is 10.8. The lowest BCUT2D eigenvalue weighted by atomic mass is 10.2. The second kappa shape index (κ2) is 3.79. The number of rotatable bonds is 2. The molecule has 0 unspecified atom stereocenters. The van der Waals surface area contributed by atoms with Crippen molar-refractivity contribution < 1.29 is 4.74 Å². The van der Waals surface area contributed by atoms with Gasteiger partial charge in [0.1, 0.15) is 5.75 Å². The molecular weight excluding hydrogens is 216 g/mol. The number of aryl methyl sites for hydroxylation is 1. The van der Waals surface area contributed by atoms with Crippen molar-refractivity contribution in [3.05, 3.63) is 28.1 Å². The molecule has 0 aliphatic heterocycles. The Kier molecular flexibility index (Phi) is 2.66. The third kappa shape index (κ3) is 1.60. The van der Waals surface area contributed by atoms with Gasteiger partial charge in [-0.25, -0.2) is 0 Å². The van der Waals surface area contributed by atoms with Gasteiger partial charge in [0.2, 0.25) is 0 Å². The van der Waals surface area contributed by atoms with Gasteiger partial charge in [0.25, 0.3) is 0 Å². The van der Waals surface area contributed by atoms with Crippen molar-refractivity contribution in [2.45, 2.75) is 13.8 Å². The summed E-state index contributed by atoms with van der Waals surface area (Å²) in [6.45, 7) is 4.76. The van der Waals surface area contributed by atoms with Crippen molar-refractivity contribution in [2.75, 3.05) is 6.61 Å². The molecule has 2 aromatic rings. The van der Waals surface area contributed by atoms with E-state index in [0.29, 0.717) is 6.61 Å². The Bertz CT molecular complexity index is 462. The molecule has 0 N–H and O–H groups in total. The van der Waals surface area contributed by atoms with E-state index in [1.54, 1.807) is 11.3 Å². The zero-order valence-corrected chi connectivity index (χ0v) is 9.71. The van der Waals surface area contributed by atoms with Crippen LogP contribution in [-0.4, -0.2) is 6.61 Å². The molecule has 1 aromatic heterocycles. The molecule has 3 heteroatoms. The molecule has 0 spiro atoms. The van der Waals surface area contributed by atoms with E-state index in [1.165, 1.54) is 9.58 Å². The molecule has 1 heterocycles. The number of hydrogen-bond acceptors (Lipinski definition) is 2. The molecule has 0 amide bonds. The van der Waals surface area contributed by atoms with E-state index in [1.807, 2.05) is 25.1 Å². The summed E-state index contributed by atoms with van der Waals surface area (Å²) in [6, 6.07) is 5.92. The Labute approximate surface area is 92.3 Å². The minimum absolute atomic E-state index is 0.694. The van der Waals surface area contributed by atoms with Gasteiger partial charge in [0, 0.05) is 20.0 Å². The maximum Gasteiger partial charge on any atom is 0.140 e. The second-order valence-corrected chi connectivity index (χ2v) is 4.75. The average molecular weight is 227 g/mol. The number of thiophene rings is 1. The Morgan fingerprint density at radius 3 is 2.93 bits per heavy atom. The van der Waals surface area contributed by atoms with Crippen LogP contribution in [0.1, 0.15) is 11.8 Å². The van der Waals surface area contributed by atoms with Gasteiger partial charge in [-0.15, -0.1) is 11.3 Å². The summed E-state index contributed by atoms with van der Waals surface area (Å²) in [4.78, 5) is 1.21. The van der Waals surface area contributed by atoms with Gasteiger partial charge in [-0.2, -0.15) is 0 Å². The molecule has 0 saturated carbocycles. The monoisotopic (exact) mass is 226 g/mol. The zero-order valence-electron chi connectivity index (χ0n) is 8.13. The van der Waals surface area contributed by atoms with Gasteiger partial charge in [-0.1, -0.05) is 11.6 Å². The van der Waals surface area contributed by atoms with Crippen LogP contribution in [0, 0.1) is 6.92 Å². The van der Waals surface area contributed by atoms with E-state index in [9.17, 15) is 0 Å². The Hall–Kier alpha value is -0.730. The SMILES string of the molecule is CCOc1c(C)sc2ccc(Cl)cc12. The molecule has 0 bridgehead atoms. The van der Waals surface area contributed by atoms with Crippen LogP contribution in [0.25, 0.3) is 10.1 Å². The van der Waals surface area contributed by atoms with Crippen LogP contribution >= 0.6 is 22.9 Å². The summed E-state index contributed by atoms with van der Waals surface area (Å²) >= 11 is 7.69. The number of benzene rings is 1. The van der Waals surface area contributed by atoms with Gasteiger partial charge in [0.05, 0.1) is 6.61 Å². The van der Waals surface area contributed by atoms with Crippen molar-refractivity contribution in [3.63, 3.8) is 0 Å². The lowest BCUT2D eigenvalue weighted by molar-refractivity contribution is 0.343. The number of hydrogen-bond donors (Lipinski definition) is 0. The third-order valence-corrected chi connectivity index (χ3v) is 3.36. The molecular formula is C11H11ClOS. The molecule has 1 aromatic carbocycles. The highest BCUT2D eigenvalue weighted by Gasteiger charge is 2.09. The summed E-state index contributed by atoms with van der Waals surface area (Å²) < 4.78 is 6.83. The first-order chi connectivity index (χ1) is 6.72. The van der Waals surface area contributed by atoms with Gasteiger partial charge < -0.3 is 4.74 Å². The molecule has 1 nitrogen and oxygen atoms in total. The molecule has 0 saturated heterocycles. The molecule has 14 heavy (non-hydrogen) atoms. The van der Waals surface area contributed by atoms with Crippen molar-refractivity contribution >= 4 is 33.0 Å². The van der Waals surface area contributed by atoms with E-state index in [0.717, 1.165) is 16.2 Å². The lowest BCUT2D eigenvalue weighted by Crippen LogP contribution is -1.91. The third-order valence-electron chi connectivity index (χ3n) is 2.06. The van der Waals surface area contributed by atoms with E-state index < -0.39 is 0 Å². The summed E-state index contributed by atoms with van der Waals surface area (Å²) in [5.41, 5.74) is 0. The van der Waals surface area contributed by atoms with Crippen molar-refractivity contribution in [2.24, 2.45) is 0 Å². The van der Waals surface area contributed by atoms with Crippen LogP contribution in [0.15, 0.2) is 18.2 Å². The van der Waals surface area contributed by atoms with Crippen LogP contribution in [0.4, 0.5) is 0 Å². The van der Waals surface area contributed by atoms with Gasteiger partial charge >= 0.3 is 0 Å². The van der Waals surface area contributed by atoms with E-state index in [4.69, 9.17) is 16.3 Å². The fourth-order valence-corrected chi connectivity index (χ4v) is 2.65. The minimum Gasteiger partial charge on any atom is -0.492 e. The summed E-state index contributed by atoms with van der Waals surface area (Å²) in [7, 11) is 0. The maximum absolute atomic E-state index is 5.95. The van der Waals surface area contributed by atoms with Gasteiger partial charge in [-0.3, -0.25) is 0 Å². The van der Waals surface area contributed by atoms with Crippen LogP contribution in [0.3, 0.4) is 0 Å². The van der Waals surface area contributed by atoms with Gasteiger partial charge in [0.15, 0.2) is 0 Å². The summed E-state index contributed by atoms with van der Waals surface area (Å²) in [6.07, 6.45) is 0. The zero-order chi connectivity index (χ0) is 10.1. The van der Waals surface area contributed by atoms with Crippen LogP contribution < -0.4 is 4.74 Å². The Morgan fingerprint density at radius 2 is 2.21 bits per heavy atom. The fourth-order valence-electron chi connectivity index (χ4n) is 1.49. The molecule has 0 aliphatic rings. The largest absolute Gasteiger partial charge is 0.492 e. The molecule has 0 fully saturated rings. The van der Waals surface area contributed by atoms with Gasteiger partial charge in [-0.05, 0) is 32.0 Å².